The molecule has 1 unspecified atom stereocenters. The molecule has 3 rings (SSSR count). The van der Waals surface area contributed by atoms with Crippen molar-refractivity contribution in [1.82, 2.24) is 0 Å². The van der Waals surface area contributed by atoms with Crippen LogP contribution in [0, 0.1) is 0 Å². The van der Waals surface area contributed by atoms with Crippen molar-refractivity contribution in [3.8, 4) is 17.2 Å². The minimum Gasteiger partial charge on any atom is -0.489 e. The lowest BCUT2D eigenvalue weighted by Gasteiger charge is -2.13. The Kier molecular flexibility index (Phi) is 6.07. The van der Waals surface area contributed by atoms with E-state index in [0.717, 1.165) is 16.9 Å². The van der Waals surface area contributed by atoms with Gasteiger partial charge in [0.05, 0.1) is 0 Å². The fourth-order valence-corrected chi connectivity index (χ4v) is 2.57. The van der Waals surface area contributed by atoms with Crippen molar-refractivity contribution in [3.05, 3.63) is 90.0 Å². The summed E-state index contributed by atoms with van der Waals surface area (Å²) in [5, 5.41) is 9.01. The Balaban J connectivity index is 1.64. The first kappa shape index (κ1) is 18.5. The van der Waals surface area contributed by atoms with Crippen molar-refractivity contribution in [2.45, 2.75) is 19.1 Å². The molecule has 0 fully saturated rings. The van der Waals surface area contributed by atoms with Crippen LogP contribution in [0.25, 0.3) is 0 Å². The van der Waals surface area contributed by atoms with E-state index in [-0.39, 0.29) is 6.42 Å². The van der Waals surface area contributed by atoms with E-state index >= 15 is 0 Å². The second-order valence-corrected chi connectivity index (χ2v) is 6.10. The molecular weight excluding hydrogens is 342 g/mol. The highest BCUT2D eigenvalue weighted by molar-refractivity contribution is 5.73. The Labute approximate surface area is 158 Å². The van der Waals surface area contributed by atoms with Crippen molar-refractivity contribution >= 4 is 5.97 Å². The third-order valence-corrected chi connectivity index (χ3v) is 4.03. The molecular formula is C22H21NO4. The molecule has 0 saturated heterocycles. The predicted octanol–water partition coefficient (Wildman–Crippen LogP) is 4.01. The molecule has 0 radical (unpaired) electrons. The summed E-state index contributed by atoms with van der Waals surface area (Å²) in [4.78, 5) is 11.0. The summed E-state index contributed by atoms with van der Waals surface area (Å²) >= 11 is 0. The monoisotopic (exact) mass is 363 g/mol. The normalized spacial score (nSPS) is 11.6. The number of hydrogen-bond donors (Lipinski definition) is 2. The number of ether oxygens (including phenoxy) is 2. The van der Waals surface area contributed by atoms with Gasteiger partial charge in [0.25, 0.3) is 0 Å². The van der Waals surface area contributed by atoms with Crippen LogP contribution in [0.15, 0.2) is 78.9 Å². The average Bonchev–Trinajstić information content (AvgIpc) is 2.69. The van der Waals surface area contributed by atoms with Gasteiger partial charge < -0.3 is 20.3 Å². The number of carbonyl (C=O) groups is 1. The molecule has 27 heavy (non-hydrogen) atoms. The summed E-state index contributed by atoms with van der Waals surface area (Å²) in [7, 11) is 0. The van der Waals surface area contributed by atoms with E-state index < -0.39 is 12.0 Å². The van der Waals surface area contributed by atoms with Crippen LogP contribution in [0.4, 0.5) is 0 Å². The number of para-hydroxylation sites is 1. The van der Waals surface area contributed by atoms with E-state index in [2.05, 4.69) is 0 Å². The van der Waals surface area contributed by atoms with Crippen LogP contribution in [0.3, 0.4) is 0 Å². The first-order chi connectivity index (χ1) is 13.1. The molecule has 138 valence electrons. The second-order valence-electron chi connectivity index (χ2n) is 6.10. The lowest BCUT2D eigenvalue weighted by molar-refractivity contribution is -0.138. The topological polar surface area (TPSA) is 81.8 Å². The SMILES string of the molecule is NC(Cc1ccccc1Oc1ccc(OCc2ccccc2)cc1)C(=O)O. The number of rotatable bonds is 8. The van der Waals surface area contributed by atoms with Gasteiger partial charge in [-0.1, -0.05) is 48.5 Å². The van der Waals surface area contributed by atoms with Gasteiger partial charge in [-0.15, -0.1) is 0 Å². The lowest BCUT2D eigenvalue weighted by atomic mass is 10.1. The molecule has 0 bridgehead atoms. The molecule has 0 aliphatic heterocycles. The van der Waals surface area contributed by atoms with Crippen molar-refractivity contribution < 1.29 is 19.4 Å². The molecule has 0 aliphatic rings. The highest BCUT2D eigenvalue weighted by Gasteiger charge is 2.15. The zero-order chi connectivity index (χ0) is 19.1. The van der Waals surface area contributed by atoms with Gasteiger partial charge >= 0.3 is 5.97 Å². The Bertz CT molecular complexity index is 878. The third-order valence-electron chi connectivity index (χ3n) is 4.03. The summed E-state index contributed by atoms with van der Waals surface area (Å²) in [6, 6.07) is 23.5. The number of aliphatic carboxylic acids is 1. The van der Waals surface area contributed by atoms with Gasteiger partial charge in [-0.05, 0) is 41.5 Å². The van der Waals surface area contributed by atoms with Gasteiger partial charge in [0.2, 0.25) is 0 Å². The standard InChI is InChI=1S/C22H21NO4/c23-20(22(24)25)14-17-8-4-5-9-21(17)27-19-12-10-18(11-13-19)26-15-16-6-2-1-3-7-16/h1-13,20H,14-15,23H2,(H,24,25). The second kappa shape index (κ2) is 8.87. The van der Waals surface area contributed by atoms with Gasteiger partial charge in [-0.3, -0.25) is 4.79 Å². The summed E-state index contributed by atoms with van der Waals surface area (Å²) in [6.07, 6.45) is 0.198. The molecule has 0 spiro atoms. The highest BCUT2D eigenvalue weighted by atomic mass is 16.5. The molecule has 1 atom stereocenters. The largest absolute Gasteiger partial charge is 0.489 e. The van der Waals surface area contributed by atoms with Crippen molar-refractivity contribution in [1.29, 1.82) is 0 Å². The van der Waals surface area contributed by atoms with Gasteiger partial charge in [-0.25, -0.2) is 0 Å². The molecule has 0 aliphatic carbocycles. The van der Waals surface area contributed by atoms with E-state index in [4.69, 9.17) is 20.3 Å². The number of nitrogens with two attached hydrogens (primary N) is 1. The molecule has 0 heterocycles. The van der Waals surface area contributed by atoms with E-state index in [1.54, 1.807) is 6.07 Å². The van der Waals surface area contributed by atoms with Crippen molar-refractivity contribution in [2.75, 3.05) is 0 Å². The molecule has 0 amide bonds. The summed E-state index contributed by atoms with van der Waals surface area (Å²) in [6.45, 7) is 0.497. The lowest BCUT2D eigenvalue weighted by Crippen LogP contribution is -2.32. The third kappa shape index (κ3) is 5.33. The fourth-order valence-electron chi connectivity index (χ4n) is 2.57. The maximum atomic E-state index is 11.0. The van der Waals surface area contributed by atoms with Crippen LogP contribution >= 0.6 is 0 Å². The Morgan fingerprint density at radius 2 is 1.52 bits per heavy atom. The van der Waals surface area contributed by atoms with Crippen LogP contribution < -0.4 is 15.2 Å². The Hall–Kier alpha value is -3.31. The quantitative estimate of drug-likeness (QED) is 0.632. The van der Waals surface area contributed by atoms with E-state index in [1.807, 2.05) is 72.8 Å². The maximum absolute atomic E-state index is 11.0. The first-order valence-electron chi connectivity index (χ1n) is 8.63. The van der Waals surface area contributed by atoms with Crippen LogP contribution in [0.1, 0.15) is 11.1 Å². The maximum Gasteiger partial charge on any atom is 0.320 e. The predicted molar refractivity (Wildman–Crippen MR) is 103 cm³/mol. The number of benzene rings is 3. The van der Waals surface area contributed by atoms with Crippen molar-refractivity contribution in [3.63, 3.8) is 0 Å². The Morgan fingerprint density at radius 1 is 0.889 bits per heavy atom. The summed E-state index contributed by atoms with van der Waals surface area (Å²) in [5.74, 6) is 0.933. The summed E-state index contributed by atoms with van der Waals surface area (Å²) < 4.78 is 11.7. The Morgan fingerprint density at radius 3 is 2.22 bits per heavy atom. The van der Waals surface area contributed by atoms with Gasteiger partial charge in [-0.2, -0.15) is 0 Å². The number of carboxylic acid groups (broad SMARTS) is 1. The molecule has 5 nitrogen and oxygen atoms in total. The number of hydrogen-bond acceptors (Lipinski definition) is 4. The van der Waals surface area contributed by atoms with Gasteiger partial charge in [0, 0.05) is 6.42 Å². The number of carboxylic acids is 1. The van der Waals surface area contributed by atoms with Crippen LogP contribution in [-0.4, -0.2) is 17.1 Å². The highest BCUT2D eigenvalue weighted by Crippen LogP contribution is 2.27. The molecule has 3 aromatic carbocycles. The molecule has 0 saturated carbocycles. The zero-order valence-electron chi connectivity index (χ0n) is 14.7. The molecule has 0 aromatic heterocycles. The fraction of sp³-hybridized carbons (Fsp3) is 0.136. The average molecular weight is 363 g/mol. The van der Waals surface area contributed by atoms with Crippen LogP contribution in [0.5, 0.6) is 17.2 Å². The zero-order valence-corrected chi connectivity index (χ0v) is 14.7. The van der Waals surface area contributed by atoms with Crippen molar-refractivity contribution in [2.24, 2.45) is 5.73 Å². The first-order valence-corrected chi connectivity index (χ1v) is 8.63. The van der Waals surface area contributed by atoms with Crippen LogP contribution in [0.2, 0.25) is 0 Å². The molecule has 3 N–H and O–H groups in total. The van der Waals surface area contributed by atoms with E-state index in [9.17, 15) is 4.79 Å². The van der Waals surface area contributed by atoms with E-state index in [1.165, 1.54) is 0 Å². The smallest absolute Gasteiger partial charge is 0.320 e. The van der Waals surface area contributed by atoms with Gasteiger partial charge in [0.1, 0.15) is 29.9 Å². The van der Waals surface area contributed by atoms with Gasteiger partial charge in [0.15, 0.2) is 0 Å². The molecule has 5 heteroatoms. The van der Waals surface area contributed by atoms with E-state index in [0.29, 0.717) is 18.1 Å². The minimum absolute atomic E-state index is 0.198. The summed E-state index contributed by atoms with van der Waals surface area (Å²) in [5.41, 5.74) is 7.49. The van der Waals surface area contributed by atoms with Crippen LogP contribution in [-0.2, 0) is 17.8 Å². The molecule has 3 aromatic rings. The minimum atomic E-state index is -1.04.